The molecule has 0 bridgehead atoms. The average Bonchev–Trinajstić information content (AvgIpc) is 3.12. The fraction of sp³-hybridized carbons (Fsp3) is 0.485. The molecule has 0 saturated carbocycles. The lowest BCUT2D eigenvalue weighted by molar-refractivity contribution is -0.318. The van der Waals surface area contributed by atoms with Crippen molar-refractivity contribution >= 4 is 22.9 Å². The number of carbonyl (C=O) groups excluding carboxylic acids is 1. The molecule has 2 aromatic carbocycles. The number of nitrogens with zero attached hydrogens (tertiary/aromatic N) is 1. The van der Waals surface area contributed by atoms with Crippen molar-refractivity contribution in [1.82, 2.24) is 0 Å². The largest absolute Gasteiger partial charge is 0.507 e. The maximum absolute atomic E-state index is 14.0. The Morgan fingerprint density at radius 1 is 0.870 bits per heavy atom. The zero-order chi connectivity index (χ0) is 39.6. The number of aliphatic imine (C=N–C) groups is 1. The molecule has 0 aliphatic carbocycles. The van der Waals surface area contributed by atoms with Crippen LogP contribution in [0.25, 0.3) is 22.3 Å². The van der Waals surface area contributed by atoms with Gasteiger partial charge in [0.25, 0.3) is 0 Å². The number of nitrogens with two attached hydrogens (primary N) is 3. The van der Waals surface area contributed by atoms with E-state index >= 15 is 0 Å². The van der Waals surface area contributed by atoms with Gasteiger partial charge in [0, 0.05) is 24.2 Å². The van der Waals surface area contributed by atoms with E-state index in [1.165, 1.54) is 13.0 Å². The highest BCUT2D eigenvalue weighted by Crippen LogP contribution is 2.40. The van der Waals surface area contributed by atoms with Crippen molar-refractivity contribution in [3.05, 3.63) is 40.6 Å². The van der Waals surface area contributed by atoms with Crippen LogP contribution in [0.3, 0.4) is 0 Å². The number of aromatic hydroxyl groups is 3. The Morgan fingerprint density at radius 2 is 1.56 bits per heavy atom. The van der Waals surface area contributed by atoms with Gasteiger partial charge in [-0.05, 0) is 38.0 Å². The highest BCUT2D eigenvalue weighted by atomic mass is 16.7. The highest BCUT2D eigenvalue weighted by Gasteiger charge is 2.48. The summed E-state index contributed by atoms with van der Waals surface area (Å²) in [6.07, 6.45) is -16.1. The monoisotopic (exact) mass is 766 g/mol. The summed E-state index contributed by atoms with van der Waals surface area (Å²) in [5.74, 6) is -4.48. The SMILES string of the molecule is C[C@@H]1O[C@@H](OC[C@H]2O[C@@H](Oc3c(-c4ccc(O)c(O)c4)oc4cc(OC(=O)[C@@H](N)CCCN=C(N)N)cc(O)c4c3=O)[C@H](O)[C@@H](O)[C@@H]2O)[C@H](O)[C@H](O)[C@H]1O. The summed E-state index contributed by atoms with van der Waals surface area (Å²) in [7, 11) is 0. The summed E-state index contributed by atoms with van der Waals surface area (Å²) in [6.45, 7) is 0.973. The van der Waals surface area contributed by atoms with Gasteiger partial charge in [0.1, 0.15) is 71.2 Å². The van der Waals surface area contributed by atoms with Crippen molar-refractivity contribution in [3.8, 4) is 40.1 Å². The highest BCUT2D eigenvalue weighted by molar-refractivity contribution is 5.89. The lowest BCUT2D eigenvalue weighted by Crippen LogP contribution is -2.61. The number of hydrogen-bond acceptors (Lipinski definition) is 19. The minimum Gasteiger partial charge on any atom is -0.507 e. The predicted octanol–water partition coefficient (Wildman–Crippen LogP) is -3.11. The van der Waals surface area contributed by atoms with Gasteiger partial charge in [-0.2, -0.15) is 0 Å². The third kappa shape index (κ3) is 8.60. The first-order valence-electron chi connectivity index (χ1n) is 16.5. The van der Waals surface area contributed by atoms with Crippen molar-refractivity contribution in [2.24, 2.45) is 22.2 Å². The van der Waals surface area contributed by atoms with E-state index in [-0.39, 0.29) is 35.8 Å². The molecule has 3 aromatic rings. The Balaban J connectivity index is 1.45. The van der Waals surface area contributed by atoms with Crippen molar-refractivity contribution in [2.75, 3.05) is 13.2 Å². The van der Waals surface area contributed by atoms with Crippen LogP contribution in [0.15, 0.2) is 44.5 Å². The Morgan fingerprint density at radius 3 is 2.24 bits per heavy atom. The molecule has 3 heterocycles. The molecular weight excluding hydrogens is 724 g/mol. The fourth-order valence-corrected chi connectivity index (χ4v) is 5.72. The third-order valence-corrected chi connectivity index (χ3v) is 8.77. The predicted molar refractivity (Wildman–Crippen MR) is 182 cm³/mol. The molecule has 1 aromatic heterocycles. The van der Waals surface area contributed by atoms with E-state index in [4.69, 9.17) is 45.3 Å². The third-order valence-electron chi connectivity index (χ3n) is 8.77. The van der Waals surface area contributed by atoms with E-state index in [9.17, 15) is 55.5 Å². The van der Waals surface area contributed by atoms with Gasteiger partial charge in [-0.3, -0.25) is 9.79 Å². The topological polar surface area (TPSA) is 366 Å². The van der Waals surface area contributed by atoms with Gasteiger partial charge in [0.2, 0.25) is 17.5 Å². The first-order valence-corrected chi connectivity index (χ1v) is 16.5. The van der Waals surface area contributed by atoms with E-state index in [2.05, 4.69) is 4.99 Å². The standard InChI is InChI=1S/C33H42N4O17/c1-11-21(41)24(44)26(46)31(50-11)49-10-19-22(42)25(45)27(47)32(53-19)54-29-23(43)20-17(40)8-13(51-30(48)14(34)3-2-6-37-33(35)36)9-18(20)52-28(29)12-4-5-15(38)16(39)7-12/h4-5,7-9,11,14,19,21-22,24-27,31-32,38-42,44-47H,2-3,6,10,34H2,1H3,(H4,35,36,37)/t11-,14-,19+,21-,22+,24+,25-,26+,27+,31+,32-/m0/s1. The minimum atomic E-state index is -2.03. The summed E-state index contributed by atoms with van der Waals surface area (Å²) >= 11 is 0. The van der Waals surface area contributed by atoms with Crippen LogP contribution in [0.1, 0.15) is 19.8 Å². The van der Waals surface area contributed by atoms with E-state index in [0.29, 0.717) is 6.42 Å². The van der Waals surface area contributed by atoms with Crippen LogP contribution in [0, 0.1) is 0 Å². The van der Waals surface area contributed by atoms with Gasteiger partial charge in [-0.15, -0.1) is 0 Å². The van der Waals surface area contributed by atoms with E-state index < -0.39 is 120 Å². The van der Waals surface area contributed by atoms with Crippen LogP contribution < -0.4 is 32.1 Å². The van der Waals surface area contributed by atoms with Crippen LogP contribution in [-0.4, -0.2) is 138 Å². The number of phenolic OH excluding ortho intramolecular Hbond substituents is 3. The summed E-state index contributed by atoms with van der Waals surface area (Å²) in [6, 6.07) is 4.16. The molecule has 15 N–H and O–H groups in total. The molecule has 21 nitrogen and oxygen atoms in total. The average molecular weight is 767 g/mol. The fourth-order valence-electron chi connectivity index (χ4n) is 5.72. The first kappa shape index (κ1) is 40.4. The van der Waals surface area contributed by atoms with Gasteiger partial charge >= 0.3 is 5.97 Å². The molecule has 2 fully saturated rings. The normalized spacial score (nSPS) is 29.0. The van der Waals surface area contributed by atoms with Gasteiger partial charge in [0.05, 0.1) is 12.7 Å². The molecule has 2 aliphatic heterocycles. The van der Waals surface area contributed by atoms with Crippen LogP contribution in [0.4, 0.5) is 0 Å². The van der Waals surface area contributed by atoms with Crippen LogP contribution >= 0.6 is 0 Å². The summed E-state index contributed by atoms with van der Waals surface area (Å²) in [5.41, 5.74) is 14.9. The van der Waals surface area contributed by atoms with Gasteiger partial charge in [-0.1, -0.05) is 0 Å². The van der Waals surface area contributed by atoms with E-state index in [0.717, 1.165) is 24.3 Å². The Bertz CT molecular complexity index is 1900. The number of hydrogen-bond donors (Lipinski definition) is 12. The van der Waals surface area contributed by atoms with Crippen LogP contribution in [0.5, 0.6) is 28.7 Å². The number of esters is 1. The number of rotatable bonds is 12. The van der Waals surface area contributed by atoms with E-state index in [1.54, 1.807) is 0 Å². The second kappa shape index (κ2) is 16.7. The van der Waals surface area contributed by atoms with Gasteiger partial charge < -0.3 is 91.3 Å². The maximum Gasteiger partial charge on any atom is 0.328 e. The van der Waals surface area contributed by atoms with Crippen molar-refractivity contribution in [1.29, 1.82) is 0 Å². The zero-order valence-electron chi connectivity index (χ0n) is 28.5. The Labute approximate surface area is 304 Å². The molecule has 21 heteroatoms. The molecule has 0 amide bonds. The molecule has 11 atom stereocenters. The number of guanidine groups is 1. The van der Waals surface area contributed by atoms with Crippen molar-refractivity contribution in [3.63, 3.8) is 0 Å². The van der Waals surface area contributed by atoms with Gasteiger partial charge in [-0.25, -0.2) is 4.79 Å². The number of aliphatic hydroxyl groups excluding tert-OH is 6. The second-order valence-electron chi connectivity index (χ2n) is 12.7. The first-order chi connectivity index (χ1) is 25.5. The molecule has 0 radical (unpaired) electrons. The minimum absolute atomic E-state index is 0.0898. The number of phenols is 3. The summed E-state index contributed by atoms with van der Waals surface area (Å²) < 4.78 is 33.5. The molecule has 0 spiro atoms. The number of benzene rings is 2. The number of fused-ring (bicyclic) bond motifs is 1. The molecule has 54 heavy (non-hydrogen) atoms. The lowest BCUT2D eigenvalue weighted by Gasteiger charge is -2.42. The maximum atomic E-state index is 14.0. The summed E-state index contributed by atoms with van der Waals surface area (Å²) in [5, 5.41) is 93.1. The van der Waals surface area contributed by atoms with Crippen LogP contribution in [0.2, 0.25) is 0 Å². The molecule has 0 unspecified atom stereocenters. The lowest BCUT2D eigenvalue weighted by atomic mass is 9.98. The molecule has 296 valence electrons. The Kier molecular flexibility index (Phi) is 12.5. The number of aliphatic hydroxyl groups is 6. The number of ether oxygens (including phenoxy) is 5. The zero-order valence-corrected chi connectivity index (χ0v) is 28.5. The van der Waals surface area contributed by atoms with Crippen LogP contribution in [-0.2, 0) is 19.0 Å². The Hall–Kier alpha value is -4.81. The van der Waals surface area contributed by atoms with Crippen molar-refractivity contribution in [2.45, 2.75) is 87.2 Å². The van der Waals surface area contributed by atoms with Gasteiger partial charge in [0.15, 0.2) is 29.5 Å². The van der Waals surface area contributed by atoms with E-state index in [1.807, 2.05) is 0 Å². The molecular formula is C33H42N4O17. The van der Waals surface area contributed by atoms with Crippen molar-refractivity contribution < 1.29 is 78.9 Å². The quantitative estimate of drug-likeness (QED) is 0.0217. The summed E-state index contributed by atoms with van der Waals surface area (Å²) in [4.78, 5) is 30.5. The molecule has 5 rings (SSSR count). The smallest absolute Gasteiger partial charge is 0.328 e. The number of carbonyl (C=O) groups is 1. The molecule has 2 aliphatic rings. The second-order valence-corrected chi connectivity index (χ2v) is 12.7. The molecule has 2 saturated heterocycles.